The second kappa shape index (κ2) is 8.46. The number of thiophene rings is 1. The number of aryl methyl sites for hydroxylation is 1. The molecule has 0 unspecified atom stereocenters. The molecule has 2 fully saturated rings. The van der Waals surface area contributed by atoms with Gasteiger partial charge in [0.1, 0.15) is 29.7 Å². The zero-order valence-corrected chi connectivity index (χ0v) is 17.5. The van der Waals surface area contributed by atoms with Crippen molar-refractivity contribution in [1.29, 1.82) is 0 Å². The van der Waals surface area contributed by atoms with Crippen LogP contribution in [0.2, 0.25) is 0 Å². The standard InChI is InChI=1S/C18H21F3N6O3S/c1-2-10-7-11-14(27-5-3-26(4-6-27)13(28)8-18(19,20)21)23-17(24-16(11)31-10)22-12-9-30-25-15(12)29/h7,12H,2-6,8-9H2,1H3,(H,25,29)(H,22,23,24)/t12-/m0/s1. The van der Waals surface area contributed by atoms with Crippen LogP contribution in [0.15, 0.2) is 6.07 Å². The summed E-state index contributed by atoms with van der Waals surface area (Å²) in [6.07, 6.45) is -5.15. The van der Waals surface area contributed by atoms with Crippen molar-refractivity contribution >= 4 is 45.1 Å². The Bertz CT molecular complexity index is 990. The summed E-state index contributed by atoms with van der Waals surface area (Å²) in [4.78, 5) is 42.8. The van der Waals surface area contributed by atoms with Gasteiger partial charge in [-0.1, -0.05) is 6.92 Å². The lowest BCUT2D eigenvalue weighted by Gasteiger charge is -2.36. The number of amides is 2. The number of carbonyl (C=O) groups is 2. The van der Waals surface area contributed by atoms with Crippen molar-refractivity contribution in [2.24, 2.45) is 0 Å². The number of piperazine rings is 1. The predicted octanol–water partition coefficient (Wildman–Crippen LogP) is 1.70. The quantitative estimate of drug-likeness (QED) is 0.704. The fourth-order valence-corrected chi connectivity index (χ4v) is 4.45. The van der Waals surface area contributed by atoms with Gasteiger partial charge >= 0.3 is 6.18 Å². The molecular formula is C18H21F3N6O3S. The summed E-state index contributed by atoms with van der Waals surface area (Å²) in [5, 5.41) is 3.82. The lowest BCUT2D eigenvalue weighted by Crippen LogP contribution is -2.49. The Morgan fingerprint density at radius 1 is 1.32 bits per heavy atom. The topological polar surface area (TPSA) is 99.7 Å². The van der Waals surface area contributed by atoms with E-state index in [4.69, 9.17) is 4.84 Å². The van der Waals surface area contributed by atoms with Crippen molar-refractivity contribution in [3.05, 3.63) is 10.9 Å². The van der Waals surface area contributed by atoms with E-state index in [0.717, 1.165) is 21.5 Å². The van der Waals surface area contributed by atoms with E-state index in [9.17, 15) is 22.8 Å². The molecule has 31 heavy (non-hydrogen) atoms. The molecule has 2 amide bonds. The third-order valence-electron chi connectivity index (χ3n) is 5.10. The summed E-state index contributed by atoms with van der Waals surface area (Å²) in [7, 11) is 0. The van der Waals surface area contributed by atoms with E-state index < -0.39 is 24.5 Å². The van der Waals surface area contributed by atoms with Gasteiger partial charge in [0, 0.05) is 31.1 Å². The monoisotopic (exact) mass is 458 g/mol. The first kappa shape index (κ1) is 21.6. The van der Waals surface area contributed by atoms with Gasteiger partial charge in [0.05, 0.1) is 5.39 Å². The minimum atomic E-state index is -4.52. The molecule has 168 valence electrons. The molecule has 13 heteroatoms. The first-order chi connectivity index (χ1) is 14.7. The zero-order valence-electron chi connectivity index (χ0n) is 16.7. The van der Waals surface area contributed by atoms with Crippen molar-refractivity contribution < 1.29 is 27.6 Å². The van der Waals surface area contributed by atoms with Crippen LogP contribution >= 0.6 is 11.3 Å². The molecule has 2 N–H and O–H groups in total. The van der Waals surface area contributed by atoms with Crippen molar-refractivity contribution in [2.75, 3.05) is 43.0 Å². The van der Waals surface area contributed by atoms with Gasteiger partial charge in [0.15, 0.2) is 0 Å². The van der Waals surface area contributed by atoms with Crippen LogP contribution in [0.5, 0.6) is 0 Å². The van der Waals surface area contributed by atoms with Gasteiger partial charge in [-0.05, 0) is 12.5 Å². The fourth-order valence-electron chi connectivity index (χ4n) is 3.49. The van der Waals surface area contributed by atoms with E-state index in [2.05, 4.69) is 20.8 Å². The van der Waals surface area contributed by atoms with Crippen LogP contribution in [0.1, 0.15) is 18.2 Å². The predicted molar refractivity (Wildman–Crippen MR) is 108 cm³/mol. The van der Waals surface area contributed by atoms with E-state index in [-0.39, 0.29) is 31.6 Å². The SMILES string of the molecule is CCc1cc2c(N3CCN(C(=O)CC(F)(F)F)CC3)nc(N[C@H]3CONC3=O)nc2s1. The van der Waals surface area contributed by atoms with Crippen LogP contribution in [0.25, 0.3) is 10.2 Å². The number of hydrogen-bond donors (Lipinski definition) is 2. The van der Waals surface area contributed by atoms with Gasteiger partial charge in [-0.25, -0.2) is 10.5 Å². The molecule has 2 aromatic heterocycles. The molecule has 0 saturated carbocycles. The molecule has 0 radical (unpaired) electrons. The smallest absolute Gasteiger partial charge is 0.352 e. The average Bonchev–Trinajstić information content (AvgIpc) is 3.32. The summed E-state index contributed by atoms with van der Waals surface area (Å²) in [6, 6.07) is 1.39. The lowest BCUT2D eigenvalue weighted by atomic mass is 10.2. The number of anilines is 2. The van der Waals surface area contributed by atoms with Crippen LogP contribution in [-0.2, 0) is 20.8 Å². The van der Waals surface area contributed by atoms with Gasteiger partial charge in [-0.2, -0.15) is 18.2 Å². The summed E-state index contributed by atoms with van der Waals surface area (Å²) >= 11 is 1.52. The molecular weight excluding hydrogens is 437 g/mol. The first-order valence-electron chi connectivity index (χ1n) is 9.81. The van der Waals surface area contributed by atoms with Crippen molar-refractivity contribution in [2.45, 2.75) is 32.0 Å². The molecule has 4 rings (SSSR count). The molecule has 0 aromatic carbocycles. The second-order valence-corrected chi connectivity index (χ2v) is 8.41. The highest BCUT2D eigenvalue weighted by molar-refractivity contribution is 7.18. The number of nitrogens with zero attached hydrogens (tertiary/aromatic N) is 4. The number of aromatic nitrogens is 2. The maximum atomic E-state index is 12.5. The summed E-state index contributed by atoms with van der Waals surface area (Å²) in [6.45, 7) is 3.21. The first-order valence-corrected chi connectivity index (χ1v) is 10.6. The third-order valence-corrected chi connectivity index (χ3v) is 6.27. The Hall–Kier alpha value is -2.67. The van der Waals surface area contributed by atoms with Crippen LogP contribution in [0.3, 0.4) is 0 Å². The highest BCUT2D eigenvalue weighted by Gasteiger charge is 2.35. The van der Waals surface area contributed by atoms with Crippen molar-refractivity contribution in [1.82, 2.24) is 20.3 Å². The van der Waals surface area contributed by atoms with Gasteiger partial charge in [-0.3, -0.25) is 14.4 Å². The maximum Gasteiger partial charge on any atom is 0.397 e. The van der Waals surface area contributed by atoms with Crippen LogP contribution < -0.4 is 15.7 Å². The molecule has 1 atom stereocenters. The lowest BCUT2D eigenvalue weighted by molar-refractivity contribution is -0.161. The third kappa shape index (κ3) is 4.82. The van der Waals surface area contributed by atoms with E-state index in [1.165, 1.54) is 16.2 Å². The summed E-state index contributed by atoms with van der Waals surface area (Å²) < 4.78 is 37.6. The van der Waals surface area contributed by atoms with Crippen LogP contribution in [-0.4, -0.2) is 71.7 Å². The minimum Gasteiger partial charge on any atom is -0.352 e. The molecule has 2 aromatic rings. The molecule has 9 nitrogen and oxygen atoms in total. The molecule has 2 aliphatic rings. The van der Waals surface area contributed by atoms with Crippen LogP contribution in [0, 0.1) is 0 Å². The fraction of sp³-hybridized carbons (Fsp3) is 0.556. The highest BCUT2D eigenvalue weighted by Crippen LogP contribution is 2.33. The van der Waals surface area contributed by atoms with E-state index in [1.807, 2.05) is 17.9 Å². The molecule has 0 bridgehead atoms. The van der Waals surface area contributed by atoms with Gasteiger partial charge in [0.2, 0.25) is 11.9 Å². The molecule has 2 saturated heterocycles. The van der Waals surface area contributed by atoms with E-state index in [0.29, 0.717) is 18.9 Å². The number of hydroxylamine groups is 1. The molecule has 0 spiro atoms. The normalized spacial score (nSPS) is 19.7. The van der Waals surface area contributed by atoms with E-state index >= 15 is 0 Å². The number of halogens is 3. The van der Waals surface area contributed by atoms with E-state index in [1.54, 1.807) is 0 Å². The van der Waals surface area contributed by atoms with Crippen molar-refractivity contribution in [3.8, 4) is 0 Å². The van der Waals surface area contributed by atoms with Gasteiger partial charge in [0.25, 0.3) is 5.91 Å². The second-order valence-electron chi connectivity index (χ2n) is 7.29. The van der Waals surface area contributed by atoms with Gasteiger partial charge in [-0.15, -0.1) is 11.3 Å². The highest BCUT2D eigenvalue weighted by atomic mass is 32.1. The molecule has 4 heterocycles. The number of fused-ring (bicyclic) bond motifs is 1. The number of nitrogens with one attached hydrogen (secondary N) is 2. The molecule has 0 aliphatic carbocycles. The number of hydrogen-bond acceptors (Lipinski definition) is 8. The maximum absolute atomic E-state index is 12.5. The number of carbonyl (C=O) groups excluding carboxylic acids is 2. The van der Waals surface area contributed by atoms with Crippen LogP contribution in [0.4, 0.5) is 24.9 Å². The zero-order chi connectivity index (χ0) is 22.2. The Balaban J connectivity index is 1.55. The number of rotatable bonds is 5. The van der Waals surface area contributed by atoms with Gasteiger partial charge < -0.3 is 15.1 Å². The largest absolute Gasteiger partial charge is 0.397 e. The summed E-state index contributed by atoms with van der Waals surface area (Å²) in [5.41, 5.74) is 2.27. The Morgan fingerprint density at radius 3 is 2.68 bits per heavy atom. The van der Waals surface area contributed by atoms with Crippen molar-refractivity contribution in [3.63, 3.8) is 0 Å². The minimum absolute atomic E-state index is 0.139. The Labute approximate surface area is 179 Å². The average molecular weight is 458 g/mol. The molecule has 2 aliphatic heterocycles. The Kier molecular flexibility index (Phi) is 5.88. The number of alkyl halides is 3. The summed E-state index contributed by atoms with van der Waals surface area (Å²) in [5.74, 6) is -0.334. The Morgan fingerprint density at radius 2 is 2.06 bits per heavy atom.